The Morgan fingerprint density at radius 2 is 1.52 bits per heavy atom. The third-order valence-electron chi connectivity index (χ3n) is 4.14. The van der Waals surface area contributed by atoms with Crippen LogP contribution in [0.25, 0.3) is 0 Å². The van der Waals surface area contributed by atoms with Gasteiger partial charge in [0.2, 0.25) is 0 Å². The Morgan fingerprint density at radius 3 is 2.26 bits per heavy atom. The van der Waals surface area contributed by atoms with Gasteiger partial charge in [0, 0.05) is 18.7 Å². The van der Waals surface area contributed by atoms with E-state index in [1.54, 1.807) is 37.4 Å². The van der Waals surface area contributed by atoms with E-state index in [9.17, 15) is 8.78 Å². The van der Waals surface area contributed by atoms with Crippen LogP contribution >= 0.6 is 0 Å². The molecule has 0 unspecified atom stereocenters. The van der Waals surface area contributed by atoms with Crippen molar-refractivity contribution in [2.45, 2.75) is 19.7 Å². The zero-order chi connectivity index (χ0) is 19.1. The minimum Gasteiger partial charge on any atom is -0.493 e. The lowest BCUT2D eigenvalue weighted by Crippen LogP contribution is -2.12. The van der Waals surface area contributed by atoms with Crippen molar-refractivity contribution in [3.63, 3.8) is 0 Å². The fourth-order valence-electron chi connectivity index (χ4n) is 2.67. The van der Waals surface area contributed by atoms with Crippen molar-refractivity contribution < 1.29 is 18.3 Å². The van der Waals surface area contributed by atoms with Gasteiger partial charge >= 0.3 is 0 Å². The Balaban J connectivity index is 1.58. The van der Waals surface area contributed by atoms with Crippen LogP contribution in [0.4, 0.5) is 8.78 Å². The van der Waals surface area contributed by atoms with Crippen molar-refractivity contribution in [3.05, 3.63) is 95.1 Å². The van der Waals surface area contributed by atoms with Gasteiger partial charge in [-0.25, -0.2) is 8.78 Å². The smallest absolute Gasteiger partial charge is 0.161 e. The Kier molecular flexibility index (Phi) is 6.39. The van der Waals surface area contributed by atoms with Crippen molar-refractivity contribution in [3.8, 4) is 11.5 Å². The van der Waals surface area contributed by atoms with Gasteiger partial charge < -0.3 is 14.8 Å². The molecule has 0 aliphatic heterocycles. The van der Waals surface area contributed by atoms with Gasteiger partial charge in [-0.3, -0.25) is 0 Å². The second kappa shape index (κ2) is 9.14. The molecule has 0 aliphatic carbocycles. The van der Waals surface area contributed by atoms with Crippen LogP contribution in [0.15, 0.2) is 66.7 Å². The van der Waals surface area contributed by atoms with Crippen LogP contribution in [0.2, 0.25) is 0 Å². The van der Waals surface area contributed by atoms with E-state index in [0.29, 0.717) is 30.2 Å². The first kappa shape index (κ1) is 18.9. The van der Waals surface area contributed by atoms with Crippen LogP contribution in [0.3, 0.4) is 0 Å². The summed E-state index contributed by atoms with van der Waals surface area (Å²) in [5.74, 6) is 0.614. The monoisotopic (exact) mass is 369 g/mol. The van der Waals surface area contributed by atoms with Crippen LogP contribution < -0.4 is 14.8 Å². The first-order chi connectivity index (χ1) is 13.2. The SMILES string of the molecule is COc1cc(CNCc2ccc(F)cc2)ccc1OCc1ccccc1F. The highest BCUT2D eigenvalue weighted by Gasteiger charge is 2.08. The van der Waals surface area contributed by atoms with Gasteiger partial charge in [-0.2, -0.15) is 0 Å². The summed E-state index contributed by atoms with van der Waals surface area (Å²) in [7, 11) is 1.57. The highest BCUT2D eigenvalue weighted by Crippen LogP contribution is 2.29. The second-order valence-electron chi connectivity index (χ2n) is 6.10. The van der Waals surface area contributed by atoms with Crippen molar-refractivity contribution in [2.75, 3.05) is 7.11 Å². The Labute approximate surface area is 157 Å². The molecule has 3 aromatic carbocycles. The lowest BCUT2D eigenvalue weighted by atomic mass is 10.1. The summed E-state index contributed by atoms with van der Waals surface area (Å²) in [6.07, 6.45) is 0. The summed E-state index contributed by atoms with van der Waals surface area (Å²) in [4.78, 5) is 0. The number of benzene rings is 3. The van der Waals surface area contributed by atoms with Gasteiger partial charge in [-0.05, 0) is 41.5 Å². The molecular weight excluding hydrogens is 348 g/mol. The fraction of sp³-hybridized carbons (Fsp3) is 0.182. The van der Waals surface area contributed by atoms with Gasteiger partial charge in [-0.15, -0.1) is 0 Å². The zero-order valence-electron chi connectivity index (χ0n) is 15.0. The minimum absolute atomic E-state index is 0.130. The minimum atomic E-state index is -0.293. The van der Waals surface area contributed by atoms with Crippen LogP contribution in [0, 0.1) is 11.6 Å². The third-order valence-corrected chi connectivity index (χ3v) is 4.14. The Hall–Kier alpha value is -2.92. The number of hydrogen-bond acceptors (Lipinski definition) is 3. The summed E-state index contributed by atoms with van der Waals surface area (Å²) in [5.41, 5.74) is 2.52. The molecule has 3 rings (SSSR count). The van der Waals surface area contributed by atoms with Crippen LogP contribution in [0.1, 0.15) is 16.7 Å². The Morgan fingerprint density at radius 1 is 0.815 bits per heavy atom. The van der Waals surface area contributed by atoms with E-state index in [2.05, 4.69) is 5.32 Å². The predicted molar refractivity (Wildman–Crippen MR) is 101 cm³/mol. The standard InChI is InChI=1S/C22H21F2NO2/c1-26-22-12-17(14-25-13-16-6-9-19(23)10-7-16)8-11-21(22)27-15-18-4-2-3-5-20(18)24/h2-12,25H,13-15H2,1H3. The van der Waals surface area contributed by atoms with Crippen molar-refractivity contribution in [1.29, 1.82) is 0 Å². The van der Waals surface area contributed by atoms with Gasteiger partial charge in [-0.1, -0.05) is 36.4 Å². The highest BCUT2D eigenvalue weighted by atomic mass is 19.1. The highest BCUT2D eigenvalue weighted by molar-refractivity contribution is 5.43. The van der Waals surface area contributed by atoms with Gasteiger partial charge in [0.25, 0.3) is 0 Å². The average Bonchev–Trinajstić information content (AvgIpc) is 2.69. The molecule has 0 saturated carbocycles. The first-order valence-electron chi connectivity index (χ1n) is 8.64. The lowest BCUT2D eigenvalue weighted by Gasteiger charge is -2.13. The molecule has 0 aromatic heterocycles. The van der Waals surface area contributed by atoms with E-state index < -0.39 is 0 Å². The number of methoxy groups -OCH3 is 1. The molecule has 1 N–H and O–H groups in total. The number of rotatable bonds is 8. The maximum atomic E-state index is 13.7. The fourth-order valence-corrected chi connectivity index (χ4v) is 2.67. The van der Waals surface area contributed by atoms with E-state index >= 15 is 0 Å². The number of nitrogens with one attached hydrogen (secondary N) is 1. The zero-order valence-corrected chi connectivity index (χ0v) is 15.0. The molecule has 0 fully saturated rings. The molecule has 27 heavy (non-hydrogen) atoms. The van der Waals surface area contributed by atoms with E-state index in [-0.39, 0.29) is 18.2 Å². The summed E-state index contributed by atoms with van der Waals surface area (Å²) >= 11 is 0. The van der Waals surface area contributed by atoms with Gasteiger partial charge in [0.1, 0.15) is 18.2 Å². The van der Waals surface area contributed by atoms with Crippen LogP contribution in [0.5, 0.6) is 11.5 Å². The average molecular weight is 369 g/mol. The molecule has 0 bridgehead atoms. The van der Waals surface area contributed by atoms with Crippen molar-refractivity contribution in [1.82, 2.24) is 5.32 Å². The molecule has 0 aliphatic rings. The van der Waals surface area contributed by atoms with E-state index in [0.717, 1.165) is 11.1 Å². The number of ether oxygens (including phenoxy) is 2. The summed E-state index contributed by atoms with van der Waals surface area (Å²) < 4.78 is 37.7. The number of hydrogen-bond donors (Lipinski definition) is 1. The van der Waals surface area contributed by atoms with Gasteiger partial charge in [0.15, 0.2) is 11.5 Å². The van der Waals surface area contributed by atoms with Crippen LogP contribution in [-0.2, 0) is 19.7 Å². The normalized spacial score (nSPS) is 10.6. The largest absolute Gasteiger partial charge is 0.493 e. The van der Waals surface area contributed by atoms with E-state index in [1.165, 1.54) is 18.2 Å². The van der Waals surface area contributed by atoms with Crippen LogP contribution in [-0.4, -0.2) is 7.11 Å². The Bertz CT molecular complexity index is 882. The molecule has 3 nitrogen and oxygen atoms in total. The molecule has 3 aromatic rings. The van der Waals surface area contributed by atoms with E-state index in [1.807, 2.05) is 18.2 Å². The second-order valence-corrected chi connectivity index (χ2v) is 6.10. The lowest BCUT2D eigenvalue weighted by molar-refractivity contribution is 0.279. The molecule has 0 saturated heterocycles. The van der Waals surface area contributed by atoms with Gasteiger partial charge in [0.05, 0.1) is 7.11 Å². The molecule has 0 heterocycles. The molecule has 0 radical (unpaired) electrons. The van der Waals surface area contributed by atoms with E-state index in [4.69, 9.17) is 9.47 Å². The molecule has 0 amide bonds. The topological polar surface area (TPSA) is 30.5 Å². The quantitative estimate of drug-likeness (QED) is 0.616. The third kappa shape index (κ3) is 5.28. The summed E-state index contributed by atoms with van der Waals surface area (Å²) in [5, 5.41) is 3.31. The van der Waals surface area contributed by atoms with Crippen molar-refractivity contribution >= 4 is 0 Å². The summed E-state index contributed by atoms with van der Waals surface area (Å²) in [6.45, 7) is 1.39. The summed E-state index contributed by atoms with van der Waals surface area (Å²) in [6, 6.07) is 18.5. The maximum absolute atomic E-state index is 13.7. The molecular formula is C22H21F2NO2. The van der Waals surface area contributed by atoms with Crippen molar-refractivity contribution in [2.24, 2.45) is 0 Å². The molecule has 5 heteroatoms. The predicted octanol–water partition coefficient (Wildman–Crippen LogP) is 4.84. The number of halogens is 2. The maximum Gasteiger partial charge on any atom is 0.161 e. The molecule has 0 spiro atoms. The molecule has 0 atom stereocenters. The first-order valence-corrected chi connectivity index (χ1v) is 8.64. The molecule has 140 valence electrons.